The zero-order chi connectivity index (χ0) is 11.9. The molecule has 1 atom stereocenters. The zero-order valence-corrected chi connectivity index (χ0v) is 9.48. The van der Waals surface area contributed by atoms with E-state index in [9.17, 15) is 4.79 Å². The number of hydrogen-bond donors (Lipinski definition) is 1. The maximum absolute atomic E-state index is 11.7. The highest BCUT2D eigenvalue weighted by molar-refractivity contribution is 6.05. The summed E-state index contributed by atoms with van der Waals surface area (Å²) >= 11 is 0. The smallest absolute Gasteiger partial charge is 0.248 e. The molecule has 0 radical (unpaired) electrons. The topological polar surface area (TPSA) is 64.8 Å². The first-order valence-electron chi connectivity index (χ1n) is 4.89. The van der Waals surface area contributed by atoms with E-state index in [0.29, 0.717) is 11.5 Å². The lowest BCUT2D eigenvalue weighted by Crippen LogP contribution is -2.27. The molecule has 0 fully saturated rings. The van der Waals surface area contributed by atoms with Crippen LogP contribution in [0.3, 0.4) is 0 Å². The van der Waals surface area contributed by atoms with Crippen molar-refractivity contribution in [2.45, 2.75) is 6.04 Å². The van der Waals surface area contributed by atoms with E-state index in [4.69, 9.17) is 15.2 Å². The molecular formula is C11H14N2O3. The lowest BCUT2D eigenvalue weighted by molar-refractivity contribution is -0.118. The minimum Gasteiger partial charge on any atom is -0.497 e. The van der Waals surface area contributed by atoms with Gasteiger partial charge in [-0.1, -0.05) is 0 Å². The molecule has 5 heteroatoms. The molecule has 1 amide bonds. The number of likely N-dealkylation sites (N-methyl/N-ethyl adjacent to an activating group) is 1. The summed E-state index contributed by atoms with van der Waals surface area (Å²) in [6, 6.07) is 2.86. The number of nitrogens with zero attached hydrogens (tertiary/aromatic N) is 1. The van der Waals surface area contributed by atoms with Gasteiger partial charge in [0.1, 0.15) is 17.5 Å². The van der Waals surface area contributed by atoms with Crippen LogP contribution in [-0.2, 0) is 4.79 Å². The van der Waals surface area contributed by atoms with Gasteiger partial charge in [-0.25, -0.2) is 0 Å². The number of rotatable bonds is 2. The summed E-state index contributed by atoms with van der Waals surface area (Å²) in [7, 11) is 4.80. The molecule has 0 saturated heterocycles. The van der Waals surface area contributed by atoms with Crippen LogP contribution < -0.4 is 20.1 Å². The number of hydrogen-bond acceptors (Lipinski definition) is 4. The second-order valence-corrected chi connectivity index (χ2v) is 3.64. The molecule has 1 aliphatic rings. The van der Waals surface area contributed by atoms with Crippen LogP contribution in [0.1, 0.15) is 11.6 Å². The predicted molar refractivity (Wildman–Crippen MR) is 59.9 cm³/mol. The van der Waals surface area contributed by atoms with Crippen molar-refractivity contribution in [2.75, 3.05) is 26.2 Å². The van der Waals surface area contributed by atoms with Crippen LogP contribution in [0.2, 0.25) is 0 Å². The highest BCUT2D eigenvalue weighted by atomic mass is 16.5. The van der Waals surface area contributed by atoms with Crippen LogP contribution in [0.4, 0.5) is 5.69 Å². The van der Waals surface area contributed by atoms with Crippen molar-refractivity contribution in [1.82, 2.24) is 0 Å². The van der Waals surface area contributed by atoms with Crippen molar-refractivity contribution in [1.29, 1.82) is 0 Å². The number of methoxy groups -OCH3 is 2. The first kappa shape index (κ1) is 10.8. The van der Waals surface area contributed by atoms with Crippen LogP contribution in [-0.4, -0.2) is 27.2 Å². The van der Waals surface area contributed by atoms with Crippen LogP contribution in [0.5, 0.6) is 11.5 Å². The van der Waals surface area contributed by atoms with Crippen molar-refractivity contribution in [3.05, 3.63) is 17.7 Å². The number of anilines is 1. The Hall–Kier alpha value is -1.75. The number of benzene rings is 1. The van der Waals surface area contributed by atoms with E-state index >= 15 is 0 Å². The summed E-state index contributed by atoms with van der Waals surface area (Å²) < 4.78 is 10.4. The first-order valence-corrected chi connectivity index (χ1v) is 4.89. The van der Waals surface area contributed by atoms with Crippen molar-refractivity contribution in [3.63, 3.8) is 0 Å². The molecule has 16 heavy (non-hydrogen) atoms. The van der Waals surface area contributed by atoms with Crippen molar-refractivity contribution < 1.29 is 14.3 Å². The molecule has 0 aliphatic carbocycles. The van der Waals surface area contributed by atoms with Crippen molar-refractivity contribution in [2.24, 2.45) is 5.73 Å². The van der Waals surface area contributed by atoms with Gasteiger partial charge in [-0.05, 0) is 0 Å². The highest BCUT2D eigenvalue weighted by Gasteiger charge is 2.35. The molecule has 0 saturated carbocycles. The summed E-state index contributed by atoms with van der Waals surface area (Å²) in [6.45, 7) is 0. The van der Waals surface area contributed by atoms with Gasteiger partial charge in [0.2, 0.25) is 5.91 Å². The molecule has 2 N–H and O–H groups in total. The fraction of sp³-hybridized carbons (Fsp3) is 0.364. The number of ether oxygens (including phenoxy) is 2. The molecule has 1 aromatic carbocycles. The van der Waals surface area contributed by atoms with Gasteiger partial charge < -0.3 is 20.1 Å². The third kappa shape index (κ3) is 1.32. The lowest BCUT2D eigenvalue weighted by atomic mass is 10.1. The van der Waals surface area contributed by atoms with Gasteiger partial charge in [0.15, 0.2) is 0 Å². The average Bonchev–Trinajstić information content (AvgIpc) is 2.53. The van der Waals surface area contributed by atoms with Crippen molar-refractivity contribution in [3.8, 4) is 11.5 Å². The molecule has 1 aliphatic heterocycles. The summed E-state index contributed by atoms with van der Waals surface area (Å²) in [5.74, 6) is 1.09. The molecule has 0 bridgehead atoms. The molecule has 1 unspecified atom stereocenters. The van der Waals surface area contributed by atoms with E-state index in [2.05, 4.69) is 0 Å². The number of nitrogens with two attached hydrogens (primary N) is 1. The van der Waals surface area contributed by atoms with Gasteiger partial charge in [0.25, 0.3) is 0 Å². The van der Waals surface area contributed by atoms with Gasteiger partial charge in [0, 0.05) is 24.7 Å². The van der Waals surface area contributed by atoms with E-state index in [-0.39, 0.29) is 5.91 Å². The average molecular weight is 222 g/mol. The van der Waals surface area contributed by atoms with Gasteiger partial charge in [0.05, 0.1) is 19.9 Å². The van der Waals surface area contributed by atoms with Gasteiger partial charge in [-0.2, -0.15) is 0 Å². The van der Waals surface area contributed by atoms with Crippen molar-refractivity contribution >= 4 is 11.6 Å². The number of carbonyl (C=O) groups is 1. The Bertz CT molecular complexity index is 445. The Balaban J connectivity index is 2.64. The fourth-order valence-electron chi connectivity index (χ4n) is 1.91. The summed E-state index contributed by atoms with van der Waals surface area (Å²) in [4.78, 5) is 13.3. The Morgan fingerprint density at radius 1 is 1.31 bits per heavy atom. The molecule has 0 spiro atoms. The fourth-order valence-corrected chi connectivity index (χ4v) is 1.91. The standard InChI is InChI=1S/C11H14N2O3/c1-13-7-4-6(15-2)5-8(16-3)9(7)10(12)11(13)14/h4-5,10H,12H2,1-3H3. The SMILES string of the molecule is COc1cc(OC)c2c(c1)N(C)C(=O)C2N. The molecule has 5 nitrogen and oxygen atoms in total. The largest absolute Gasteiger partial charge is 0.497 e. The Morgan fingerprint density at radius 2 is 2.00 bits per heavy atom. The molecule has 2 rings (SSSR count). The van der Waals surface area contributed by atoms with E-state index in [1.54, 1.807) is 33.4 Å². The quantitative estimate of drug-likeness (QED) is 0.799. The van der Waals surface area contributed by atoms with E-state index in [0.717, 1.165) is 11.3 Å². The predicted octanol–water partition coefficient (Wildman–Crippen LogP) is 0.680. The third-order valence-corrected chi connectivity index (χ3v) is 2.82. The Kier molecular flexibility index (Phi) is 2.47. The van der Waals surface area contributed by atoms with Crippen LogP contribution in [0, 0.1) is 0 Å². The molecular weight excluding hydrogens is 208 g/mol. The van der Waals surface area contributed by atoms with E-state index < -0.39 is 6.04 Å². The van der Waals surface area contributed by atoms with E-state index in [1.807, 2.05) is 0 Å². The maximum atomic E-state index is 11.7. The van der Waals surface area contributed by atoms with Crippen LogP contribution in [0.15, 0.2) is 12.1 Å². The minimum absolute atomic E-state index is 0.137. The maximum Gasteiger partial charge on any atom is 0.248 e. The number of carbonyl (C=O) groups excluding carboxylic acids is 1. The monoisotopic (exact) mass is 222 g/mol. The first-order chi connectivity index (χ1) is 7.60. The van der Waals surface area contributed by atoms with Gasteiger partial charge >= 0.3 is 0 Å². The Labute approximate surface area is 93.7 Å². The molecule has 1 aromatic rings. The normalized spacial score (nSPS) is 18.6. The number of amides is 1. The van der Waals surface area contributed by atoms with Gasteiger partial charge in [-0.15, -0.1) is 0 Å². The van der Waals surface area contributed by atoms with Gasteiger partial charge in [-0.3, -0.25) is 4.79 Å². The molecule has 1 heterocycles. The zero-order valence-electron chi connectivity index (χ0n) is 9.48. The molecule has 86 valence electrons. The summed E-state index contributed by atoms with van der Waals surface area (Å²) in [6.07, 6.45) is 0. The minimum atomic E-state index is -0.652. The second kappa shape index (κ2) is 3.68. The van der Waals surface area contributed by atoms with E-state index in [1.165, 1.54) is 4.90 Å². The third-order valence-electron chi connectivity index (χ3n) is 2.82. The van der Waals surface area contributed by atoms with Crippen LogP contribution >= 0.6 is 0 Å². The second-order valence-electron chi connectivity index (χ2n) is 3.64. The summed E-state index contributed by atoms with van der Waals surface area (Å²) in [5, 5.41) is 0. The summed E-state index contributed by atoms with van der Waals surface area (Å²) in [5.41, 5.74) is 7.30. The highest BCUT2D eigenvalue weighted by Crippen LogP contribution is 2.42. The van der Waals surface area contributed by atoms with Crippen LogP contribution in [0.25, 0.3) is 0 Å². The Morgan fingerprint density at radius 3 is 2.56 bits per heavy atom. The lowest BCUT2D eigenvalue weighted by Gasteiger charge is -2.13. The number of fused-ring (bicyclic) bond motifs is 1. The molecule has 0 aromatic heterocycles.